The van der Waals surface area contributed by atoms with Crippen molar-refractivity contribution >= 4 is 28.6 Å². The Hall–Kier alpha value is -1.89. The Morgan fingerprint density at radius 3 is 2.66 bits per heavy atom. The van der Waals surface area contributed by atoms with Gasteiger partial charge in [-0.3, -0.25) is 4.79 Å². The quantitative estimate of drug-likeness (QED) is 0.698. The SMILES string of the molecule is O=C(C[NH+](Cc1cccs1)C[C@@H]1CCCO1)Nc1ccc(N2CCCCC2)cc1. The molecule has 1 amide bonds. The molecule has 4 rings (SSSR count). The molecule has 1 unspecified atom stereocenters. The van der Waals surface area contributed by atoms with E-state index in [1.54, 1.807) is 11.3 Å². The Bertz CT molecular complexity index is 751. The van der Waals surface area contributed by atoms with Gasteiger partial charge in [-0.2, -0.15) is 0 Å². The first kappa shape index (κ1) is 20.4. The van der Waals surface area contributed by atoms with Gasteiger partial charge in [-0.1, -0.05) is 6.07 Å². The molecular weight excluding hydrogens is 382 g/mol. The van der Waals surface area contributed by atoms with Crippen LogP contribution >= 0.6 is 11.3 Å². The van der Waals surface area contributed by atoms with E-state index in [9.17, 15) is 4.79 Å². The second-order valence-corrected chi connectivity index (χ2v) is 9.20. The fraction of sp³-hybridized carbons (Fsp3) is 0.522. The van der Waals surface area contributed by atoms with Crippen LogP contribution in [0.2, 0.25) is 0 Å². The number of ether oxygens (including phenoxy) is 1. The number of carbonyl (C=O) groups is 1. The molecule has 2 aromatic rings. The summed E-state index contributed by atoms with van der Waals surface area (Å²) < 4.78 is 5.82. The van der Waals surface area contributed by atoms with Crippen molar-refractivity contribution in [3.63, 3.8) is 0 Å². The molecule has 2 aliphatic rings. The maximum absolute atomic E-state index is 12.7. The summed E-state index contributed by atoms with van der Waals surface area (Å²) >= 11 is 1.76. The smallest absolute Gasteiger partial charge is 0.279 e. The third-order valence-corrected chi connectivity index (χ3v) is 6.70. The van der Waals surface area contributed by atoms with E-state index in [2.05, 4.69) is 39.9 Å². The van der Waals surface area contributed by atoms with Gasteiger partial charge in [0.05, 0.1) is 4.88 Å². The molecule has 3 heterocycles. The molecule has 6 heteroatoms. The van der Waals surface area contributed by atoms with Gasteiger partial charge in [0.25, 0.3) is 5.91 Å². The first-order chi connectivity index (χ1) is 14.3. The predicted molar refractivity (Wildman–Crippen MR) is 119 cm³/mol. The zero-order chi connectivity index (χ0) is 19.9. The maximum atomic E-state index is 12.7. The van der Waals surface area contributed by atoms with Crippen LogP contribution in [0.3, 0.4) is 0 Å². The summed E-state index contributed by atoms with van der Waals surface area (Å²) in [7, 11) is 0. The van der Waals surface area contributed by atoms with Gasteiger partial charge in [0, 0.05) is 31.1 Å². The Morgan fingerprint density at radius 2 is 1.97 bits per heavy atom. The van der Waals surface area contributed by atoms with Crippen LogP contribution in [-0.4, -0.2) is 44.8 Å². The minimum atomic E-state index is 0.0697. The summed E-state index contributed by atoms with van der Waals surface area (Å²) in [5.41, 5.74) is 2.13. The maximum Gasteiger partial charge on any atom is 0.279 e. The molecule has 2 atom stereocenters. The number of quaternary nitrogens is 1. The summed E-state index contributed by atoms with van der Waals surface area (Å²) in [4.78, 5) is 17.7. The van der Waals surface area contributed by atoms with Gasteiger partial charge in [0.15, 0.2) is 6.54 Å². The number of anilines is 2. The molecule has 0 radical (unpaired) electrons. The second-order valence-electron chi connectivity index (χ2n) is 8.16. The third-order valence-electron chi connectivity index (χ3n) is 5.83. The fourth-order valence-corrected chi connectivity index (χ4v) is 5.11. The van der Waals surface area contributed by atoms with E-state index in [4.69, 9.17) is 4.74 Å². The monoisotopic (exact) mass is 414 g/mol. The van der Waals surface area contributed by atoms with Gasteiger partial charge < -0.3 is 19.9 Å². The van der Waals surface area contributed by atoms with Crippen LogP contribution in [0.5, 0.6) is 0 Å². The summed E-state index contributed by atoms with van der Waals surface area (Å²) in [6.07, 6.45) is 6.39. The minimum Gasteiger partial charge on any atom is -0.372 e. The molecule has 2 N–H and O–H groups in total. The highest BCUT2D eigenvalue weighted by molar-refractivity contribution is 7.09. The molecular formula is C23H32N3O2S+. The number of hydrogen-bond donors (Lipinski definition) is 2. The zero-order valence-corrected chi connectivity index (χ0v) is 17.9. The number of amides is 1. The second kappa shape index (κ2) is 10.2. The van der Waals surface area contributed by atoms with Crippen LogP contribution in [0.4, 0.5) is 11.4 Å². The Labute approximate surface area is 177 Å². The average molecular weight is 415 g/mol. The van der Waals surface area contributed by atoms with Crippen LogP contribution in [0, 0.1) is 0 Å². The van der Waals surface area contributed by atoms with E-state index in [1.807, 2.05) is 12.1 Å². The molecule has 156 valence electrons. The summed E-state index contributed by atoms with van der Waals surface area (Å²) in [6, 6.07) is 12.5. The van der Waals surface area contributed by atoms with Crippen molar-refractivity contribution in [2.75, 3.05) is 43.0 Å². The van der Waals surface area contributed by atoms with Crippen molar-refractivity contribution in [3.8, 4) is 0 Å². The van der Waals surface area contributed by atoms with E-state index >= 15 is 0 Å². The average Bonchev–Trinajstić information content (AvgIpc) is 3.43. The van der Waals surface area contributed by atoms with Gasteiger partial charge in [-0.05, 0) is 67.8 Å². The number of carbonyl (C=O) groups excluding carboxylic acids is 1. The van der Waals surface area contributed by atoms with Crippen LogP contribution in [-0.2, 0) is 16.1 Å². The van der Waals surface area contributed by atoms with Crippen molar-refractivity contribution in [1.29, 1.82) is 0 Å². The van der Waals surface area contributed by atoms with Crippen LogP contribution < -0.4 is 15.1 Å². The molecule has 0 saturated carbocycles. The van der Waals surface area contributed by atoms with E-state index in [0.29, 0.717) is 6.54 Å². The van der Waals surface area contributed by atoms with Gasteiger partial charge in [-0.25, -0.2) is 0 Å². The van der Waals surface area contributed by atoms with Gasteiger partial charge >= 0.3 is 0 Å². The van der Waals surface area contributed by atoms with Crippen molar-refractivity contribution in [3.05, 3.63) is 46.7 Å². The van der Waals surface area contributed by atoms with Gasteiger partial charge in [-0.15, -0.1) is 11.3 Å². The number of nitrogens with one attached hydrogen (secondary N) is 2. The van der Waals surface area contributed by atoms with Crippen molar-refractivity contribution in [1.82, 2.24) is 0 Å². The highest BCUT2D eigenvalue weighted by Crippen LogP contribution is 2.21. The lowest BCUT2D eigenvalue weighted by Gasteiger charge is -2.28. The summed E-state index contributed by atoms with van der Waals surface area (Å²) in [5, 5.41) is 5.19. The normalized spacial score (nSPS) is 20.6. The number of piperidine rings is 1. The van der Waals surface area contributed by atoms with Crippen molar-refractivity contribution in [2.24, 2.45) is 0 Å². The number of hydrogen-bond acceptors (Lipinski definition) is 4. The zero-order valence-electron chi connectivity index (χ0n) is 17.1. The lowest BCUT2D eigenvalue weighted by Crippen LogP contribution is -3.12. The number of rotatable bonds is 8. The topological polar surface area (TPSA) is 46.0 Å². The van der Waals surface area contributed by atoms with E-state index < -0.39 is 0 Å². The molecule has 2 fully saturated rings. The van der Waals surface area contributed by atoms with E-state index in [0.717, 1.165) is 51.3 Å². The predicted octanol–water partition coefficient (Wildman–Crippen LogP) is 2.94. The number of benzene rings is 1. The van der Waals surface area contributed by atoms with E-state index in [-0.39, 0.29) is 12.0 Å². The molecule has 29 heavy (non-hydrogen) atoms. The van der Waals surface area contributed by atoms with Gasteiger partial charge in [0.1, 0.15) is 19.2 Å². The highest BCUT2D eigenvalue weighted by Gasteiger charge is 2.24. The molecule has 2 aliphatic heterocycles. The largest absolute Gasteiger partial charge is 0.372 e. The van der Waals surface area contributed by atoms with Crippen molar-refractivity contribution < 1.29 is 14.4 Å². The molecule has 0 spiro atoms. The van der Waals surface area contributed by atoms with Crippen LogP contribution in [0.15, 0.2) is 41.8 Å². The van der Waals surface area contributed by atoms with E-state index in [1.165, 1.54) is 34.7 Å². The fourth-order valence-electron chi connectivity index (χ4n) is 4.33. The van der Waals surface area contributed by atoms with Crippen LogP contribution in [0.25, 0.3) is 0 Å². The van der Waals surface area contributed by atoms with Crippen LogP contribution in [0.1, 0.15) is 37.0 Å². The first-order valence-electron chi connectivity index (χ1n) is 10.9. The standard InChI is InChI=1S/C23H31N3O2S/c27-23(24-19-8-10-20(11-9-19)26-12-2-1-3-13-26)18-25(16-21-6-4-14-28-21)17-22-7-5-15-29-22/h5,7-11,15,21H,1-4,6,12-14,16-18H2,(H,24,27)/p+1/t21-/m0/s1. The third kappa shape index (κ3) is 6.04. The lowest BCUT2D eigenvalue weighted by molar-refractivity contribution is -0.908. The molecule has 1 aromatic heterocycles. The molecule has 0 bridgehead atoms. The molecule has 2 saturated heterocycles. The summed E-state index contributed by atoms with van der Waals surface area (Å²) in [6.45, 7) is 5.35. The highest BCUT2D eigenvalue weighted by atomic mass is 32.1. The number of nitrogens with zero attached hydrogens (tertiary/aromatic N) is 1. The van der Waals surface area contributed by atoms with Gasteiger partial charge in [0.2, 0.25) is 0 Å². The molecule has 5 nitrogen and oxygen atoms in total. The minimum absolute atomic E-state index is 0.0697. The Morgan fingerprint density at radius 1 is 1.14 bits per heavy atom. The lowest BCUT2D eigenvalue weighted by atomic mass is 10.1. The number of thiophene rings is 1. The Kier molecular flexibility index (Phi) is 7.19. The molecule has 1 aromatic carbocycles. The summed E-state index contributed by atoms with van der Waals surface area (Å²) in [5.74, 6) is 0.0697. The van der Waals surface area contributed by atoms with Crippen molar-refractivity contribution in [2.45, 2.75) is 44.8 Å². The molecule has 0 aliphatic carbocycles. The first-order valence-corrected chi connectivity index (χ1v) is 11.8. The Balaban J connectivity index is 1.32.